The van der Waals surface area contributed by atoms with Gasteiger partial charge in [0.05, 0.1) is 4.90 Å². The van der Waals surface area contributed by atoms with Crippen LogP contribution < -0.4 is 9.96 Å². The lowest BCUT2D eigenvalue weighted by molar-refractivity contribution is -0.371. The van der Waals surface area contributed by atoms with Crippen LogP contribution in [0.1, 0.15) is 10.4 Å². The Labute approximate surface area is 194 Å². The van der Waals surface area contributed by atoms with Gasteiger partial charge in [0.2, 0.25) is 11.3 Å². The van der Waals surface area contributed by atoms with Crippen molar-refractivity contribution in [3.63, 3.8) is 0 Å². The molecular weight excluding hydrogens is 596 g/mol. The van der Waals surface area contributed by atoms with Gasteiger partial charge in [-0.2, -0.15) is 0 Å². The van der Waals surface area contributed by atoms with Crippen LogP contribution in [0.4, 0.5) is 11.4 Å². The molecule has 1 N–H and O–H groups in total. The summed E-state index contributed by atoms with van der Waals surface area (Å²) in [5.74, 6) is -0.461. The minimum absolute atomic E-state index is 0.0303. The highest BCUT2D eigenvalue weighted by Crippen LogP contribution is 2.43. The van der Waals surface area contributed by atoms with Crippen LogP contribution in [0.25, 0.3) is 0 Å². The first kappa shape index (κ1) is 24.0. The van der Waals surface area contributed by atoms with E-state index in [1.165, 1.54) is 24.3 Å². The summed E-state index contributed by atoms with van der Waals surface area (Å²) < 4.78 is 23.4. The molecule has 1 amide bonds. The molecule has 0 radical (unpaired) electrons. The molecule has 0 aliphatic carbocycles. The number of benzene rings is 2. The molecule has 2 aromatic rings. The van der Waals surface area contributed by atoms with E-state index in [9.17, 15) is 13.2 Å². The Kier molecular flexibility index (Phi) is 7.68. The number of hydroxylamine groups is 2. The maximum absolute atomic E-state index is 12.7. The molecule has 0 heterocycles. The van der Waals surface area contributed by atoms with E-state index in [0.717, 1.165) is 6.26 Å². The van der Waals surface area contributed by atoms with E-state index in [1.807, 2.05) is 0 Å². The molecule has 0 saturated heterocycles. The van der Waals surface area contributed by atoms with Crippen LogP contribution in [-0.2, 0) is 19.7 Å². The minimum Gasteiger partial charge on any atom is -0.322 e. The SMILES string of the molecule is C=COO[N+](C)(C)c1cccc(NC(=O)c2cccc(S(=O)(=O)C(Br)(Br)Br)c2)c1. The van der Waals surface area contributed by atoms with E-state index < -0.39 is 17.2 Å². The Morgan fingerprint density at radius 1 is 1.14 bits per heavy atom. The molecule has 156 valence electrons. The van der Waals surface area contributed by atoms with Gasteiger partial charge < -0.3 is 5.32 Å². The molecule has 0 aromatic heterocycles. The van der Waals surface area contributed by atoms with Crippen molar-refractivity contribution in [3.8, 4) is 0 Å². The van der Waals surface area contributed by atoms with Gasteiger partial charge >= 0.3 is 0 Å². The van der Waals surface area contributed by atoms with Crippen LogP contribution >= 0.6 is 47.8 Å². The van der Waals surface area contributed by atoms with Gasteiger partial charge in [0.15, 0.2) is 5.69 Å². The lowest BCUT2D eigenvalue weighted by Crippen LogP contribution is -2.39. The molecular formula is C18H18Br3N2O5S+. The first-order valence-corrected chi connectivity index (χ1v) is 11.9. The van der Waals surface area contributed by atoms with Crippen molar-refractivity contribution in [2.24, 2.45) is 0 Å². The number of nitrogens with zero attached hydrogens (tertiary/aromatic N) is 1. The van der Waals surface area contributed by atoms with E-state index in [-0.39, 0.29) is 15.1 Å². The topological polar surface area (TPSA) is 81.7 Å². The number of anilines is 1. The number of sulfone groups is 1. The van der Waals surface area contributed by atoms with Crippen molar-refractivity contribution in [1.82, 2.24) is 4.65 Å². The molecule has 0 aliphatic rings. The van der Waals surface area contributed by atoms with Gasteiger partial charge in [-0.05, 0) is 72.1 Å². The number of halogens is 3. The second-order valence-corrected chi connectivity index (χ2v) is 16.6. The highest BCUT2D eigenvalue weighted by Gasteiger charge is 2.37. The van der Waals surface area contributed by atoms with E-state index >= 15 is 0 Å². The number of hydrogen-bond donors (Lipinski definition) is 1. The van der Waals surface area contributed by atoms with Crippen molar-refractivity contribution in [3.05, 3.63) is 66.9 Å². The highest BCUT2D eigenvalue weighted by molar-refractivity contribution is 9.42. The molecule has 11 heteroatoms. The van der Waals surface area contributed by atoms with Crippen LogP contribution in [0.5, 0.6) is 0 Å². The van der Waals surface area contributed by atoms with Crippen molar-refractivity contribution >= 4 is 74.9 Å². The molecule has 0 saturated carbocycles. The fourth-order valence-corrected chi connectivity index (χ4v) is 4.73. The zero-order valence-electron chi connectivity index (χ0n) is 15.4. The van der Waals surface area contributed by atoms with Gasteiger partial charge in [0.1, 0.15) is 20.4 Å². The number of rotatable bonds is 7. The molecule has 0 aliphatic heterocycles. The van der Waals surface area contributed by atoms with Crippen molar-refractivity contribution in [2.75, 3.05) is 19.4 Å². The molecule has 2 rings (SSSR count). The summed E-state index contributed by atoms with van der Waals surface area (Å²) in [6, 6.07) is 12.7. The molecule has 2 aromatic carbocycles. The van der Waals surface area contributed by atoms with Gasteiger partial charge in [-0.25, -0.2) is 8.42 Å². The number of carbonyl (C=O) groups is 1. The maximum Gasteiger partial charge on any atom is 0.255 e. The van der Waals surface area contributed by atoms with Crippen molar-refractivity contribution in [2.45, 2.75) is 6.37 Å². The molecule has 0 fully saturated rings. The second kappa shape index (κ2) is 9.27. The predicted octanol–water partition coefficient (Wildman–Crippen LogP) is 5.08. The first-order chi connectivity index (χ1) is 13.4. The van der Waals surface area contributed by atoms with Crippen LogP contribution in [0.15, 0.2) is 66.3 Å². The van der Waals surface area contributed by atoms with Crippen LogP contribution in [0.2, 0.25) is 0 Å². The fraction of sp³-hybridized carbons (Fsp3) is 0.167. The van der Waals surface area contributed by atoms with Gasteiger partial charge in [-0.15, -0.1) is 4.65 Å². The van der Waals surface area contributed by atoms with E-state index in [2.05, 4.69) is 59.7 Å². The van der Waals surface area contributed by atoms with Crippen LogP contribution in [-0.4, -0.2) is 29.9 Å². The quantitative estimate of drug-likeness (QED) is 0.155. The summed E-state index contributed by atoms with van der Waals surface area (Å²) >= 11 is 9.03. The number of hydrogen-bond acceptors (Lipinski definition) is 5. The third-order valence-electron chi connectivity index (χ3n) is 3.73. The average molecular weight is 614 g/mol. The Hall–Kier alpha value is -1.24. The number of carbonyl (C=O) groups excluding carboxylic acids is 1. The summed E-state index contributed by atoms with van der Waals surface area (Å²) in [4.78, 5) is 22.6. The van der Waals surface area contributed by atoms with E-state index in [1.54, 1.807) is 38.4 Å². The summed E-state index contributed by atoms with van der Waals surface area (Å²) in [7, 11) is -0.327. The standard InChI is InChI=1S/C18H17Br3N2O5S/c1-4-27-28-23(2,3)15-9-6-8-14(12-15)22-17(24)13-7-5-10-16(11-13)29(25,26)18(19,20)21/h4-12H,1H2,2-3H3/p+1. The van der Waals surface area contributed by atoms with Gasteiger partial charge in [0, 0.05) is 28.4 Å². The highest BCUT2D eigenvalue weighted by atomic mass is 80.0. The lowest BCUT2D eigenvalue weighted by atomic mass is 10.2. The average Bonchev–Trinajstić information content (AvgIpc) is 2.66. The zero-order chi connectivity index (χ0) is 21.9. The first-order valence-electron chi connectivity index (χ1n) is 8.02. The minimum atomic E-state index is -3.81. The molecule has 7 nitrogen and oxygen atoms in total. The molecule has 29 heavy (non-hydrogen) atoms. The smallest absolute Gasteiger partial charge is 0.255 e. The second-order valence-electron chi connectivity index (χ2n) is 6.17. The predicted molar refractivity (Wildman–Crippen MR) is 124 cm³/mol. The Balaban J connectivity index is 2.27. The van der Waals surface area contributed by atoms with E-state index in [0.29, 0.717) is 11.4 Å². The largest absolute Gasteiger partial charge is 0.322 e. The Morgan fingerprint density at radius 2 is 1.79 bits per heavy atom. The normalized spacial score (nSPS) is 12.3. The summed E-state index contributed by atoms with van der Waals surface area (Å²) in [6.45, 7) is 3.42. The number of amides is 1. The monoisotopic (exact) mass is 611 g/mol. The van der Waals surface area contributed by atoms with E-state index in [4.69, 9.17) is 9.88 Å². The lowest BCUT2D eigenvalue weighted by Gasteiger charge is -2.23. The van der Waals surface area contributed by atoms with Crippen molar-refractivity contribution in [1.29, 1.82) is 0 Å². The molecule has 0 unspecified atom stereocenters. The number of nitrogens with one attached hydrogen (secondary N) is 1. The van der Waals surface area contributed by atoms with Gasteiger partial charge in [0.25, 0.3) is 5.91 Å². The number of alkyl halides is 3. The summed E-state index contributed by atoms with van der Waals surface area (Å²) in [6.07, 6.45) is 1.16. The molecule has 0 atom stereocenters. The Morgan fingerprint density at radius 3 is 2.41 bits per heavy atom. The fourth-order valence-electron chi connectivity index (χ4n) is 2.24. The van der Waals surface area contributed by atoms with Crippen LogP contribution in [0.3, 0.4) is 0 Å². The molecule has 0 bridgehead atoms. The summed E-state index contributed by atoms with van der Waals surface area (Å²) in [5, 5.41) is 2.75. The zero-order valence-corrected chi connectivity index (χ0v) is 21.0. The Bertz CT molecular complexity index is 1020. The van der Waals surface area contributed by atoms with Crippen molar-refractivity contribution < 1.29 is 23.1 Å². The van der Waals surface area contributed by atoms with Crippen LogP contribution in [0, 0.1) is 0 Å². The molecule has 0 spiro atoms. The third-order valence-corrected chi connectivity index (χ3v) is 9.05. The van der Waals surface area contributed by atoms with Gasteiger partial charge in [-0.3, -0.25) is 9.68 Å². The van der Waals surface area contributed by atoms with Gasteiger partial charge in [-0.1, -0.05) is 18.7 Å². The summed E-state index contributed by atoms with van der Waals surface area (Å²) in [5.41, 5.74) is 1.39. The number of quaternary nitrogens is 1. The maximum atomic E-state index is 12.7. The third kappa shape index (κ3) is 5.89.